The third-order valence-corrected chi connectivity index (χ3v) is 5.03. The Morgan fingerprint density at radius 2 is 2.04 bits per heavy atom. The van der Waals surface area contributed by atoms with Crippen LogP contribution in [0.25, 0.3) is 0 Å². The van der Waals surface area contributed by atoms with Crippen LogP contribution in [0.2, 0.25) is 0 Å². The molecule has 0 aromatic carbocycles. The second-order valence-electron chi connectivity index (χ2n) is 6.75. The second kappa shape index (κ2) is 7.80. The zero-order chi connectivity index (χ0) is 18.6. The fraction of sp³-hybridized carbons (Fsp3) is 0.450. The Bertz CT molecular complexity index is 843. The van der Waals surface area contributed by atoms with Crippen molar-refractivity contribution in [2.24, 2.45) is 0 Å². The van der Waals surface area contributed by atoms with E-state index in [2.05, 4.69) is 21.8 Å². The molecule has 1 saturated heterocycles. The molecule has 1 unspecified atom stereocenters. The van der Waals surface area contributed by atoms with Crippen LogP contribution < -0.4 is 14.2 Å². The lowest BCUT2D eigenvalue weighted by Crippen LogP contribution is -2.39. The van der Waals surface area contributed by atoms with Crippen LogP contribution in [0.4, 0.5) is 0 Å². The minimum absolute atomic E-state index is 0.149. The minimum Gasteiger partial charge on any atom is -0.490 e. The molecule has 7 heteroatoms. The average Bonchev–Trinajstić information content (AvgIpc) is 2.73. The molecule has 0 saturated carbocycles. The molecule has 2 aliphatic heterocycles. The van der Waals surface area contributed by atoms with E-state index in [9.17, 15) is 0 Å². The SMILES string of the molecule is CC(c1ccc2c(n1)OCCO2)N1CCC(Oc2ccnc(C#N)c2)CC1. The number of hydrogen-bond acceptors (Lipinski definition) is 7. The van der Waals surface area contributed by atoms with Crippen LogP contribution in [-0.4, -0.2) is 47.3 Å². The highest BCUT2D eigenvalue weighted by Crippen LogP contribution is 2.32. The molecule has 0 amide bonds. The zero-order valence-electron chi connectivity index (χ0n) is 15.3. The summed E-state index contributed by atoms with van der Waals surface area (Å²) < 4.78 is 17.2. The zero-order valence-corrected chi connectivity index (χ0v) is 15.3. The summed E-state index contributed by atoms with van der Waals surface area (Å²) in [5.41, 5.74) is 1.37. The van der Waals surface area contributed by atoms with Gasteiger partial charge in [0.2, 0.25) is 0 Å². The van der Waals surface area contributed by atoms with Crippen LogP contribution >= 0.6 is 0 Å². The van der Waals surface area contributed by atoms with E-state index in [1.807, 2.05) is 18.2 Å². The number of likely N-dealkylation sites (tertiary alicyclic amines) is 1. The molecular formula is C20H22N4O3. The number of piperidine rings is 1. The number of nitriles is 1. The van der Waals surface area contributed by atoms with Crippen molar-refractivity contribution in [3.05, 3.63) is 41.9 Å². The van der Waals surface area contributed by atoms with E-state index in [0.29, 0.717) is 30.5 Å². The van der Waals surface area contributed by atoms with Crippen LogP contribution in [0.1, 0.15) is 37.2 Å². The quantitative estimate of drug-likeness (QED) is 0.823. The molecule has 4 rings (SSSR count). The van der Waals surface area contributed by atoms with Crippen LogP contribution in [0.5, 0.6) is 17.4 Å². The van der Waals surface area contributed by atoms with Crippen LogP contribution in [0.3, 0.4) is 0 Å². The molecule has 1 atom stereocenters. The van der Waals surface area contributed by atoms with E-state index < -0.39 is 0 Å². The Labute approximate surface area is 158 Å². The number of ether oxygens (including phenoxy) is 3. The van der Waals surface area contributed by atoms with Crippen LogP contribution in [0, 0.1) is 11.3 Å². The van der Waals surface area contributed by atoms with Gasteiger partial charge in [-0.05, 0) is 38.0 Å². The van der Waals surface area contributed by atoms with Gasteiger partial charge in [-0.15, -0.1) is 0 Å². The predicted octanol–water partition coefficient (Wildman–Crippen LogP) is 2.72. The van der Waals surface area contributed by atoms with Gasteiger partial charge in [0.05, 0.1) is 5.69 Å². The highest BCUT2D eigenvalue weighted by atomic mass is 16.6. The minimum atomic E-state index is 0.149. The van der Waals surface area contributed by atoms with Gasteiger partial charge in [0.25, 0.3) is 5.88 Å². The molecule has 4 heterocycles. The van der Waals surface area contributed by atoms with Crippen molar-refractivity contribution < 1.29 is 14.2 Å². The molecule has 7 nitrogen and oxygen atoms in total. The van der Waals surface area contributed by atoms with E-state index in [4.69, 9.17) is 19.5 Å². The Hall–Kier alpha value is -2.85. The monoisotopic (exact) mass is 366 g/mol. The van der Waals surface area contributed by atoms with Gasteiger partial charge in [-0.2, -0.15) is 5.26 Å². The van der Waals surface area contributed by atoms with Crippen molar-refractivity contribution in [1.82, 2.24) is 14.9 Å². The summed E-state index contributed by atoms with van der Waals surface area (Å²) >= 11 is 0. The first-order valence-corrected chi connectivity index (χ1v) is 9.26. The number of aromatic nitrogens is 2. The fourth-order valence-electron chi connectivity index (χ4n) is 3.48. The lowest BCUT2D eigenvalue weighted by Gasteiger charge is -2.36. The van der Waals surface area contributed by atoms with Crippen LogP contribution in [0.15, 0.2) is 30.5 Å². The topological polar surface area (TPSA) is 80.5 Å². The van der Waals surface area contributed by atoms with Crippen molar-refractivity contribution in [3.8, 4) is 23.4 Å². The summed E-state index contributed by atoms with van der Waals surface area (Å²) in [6, 6.07) is 9.69. The smallest absolute Gasteiger partial charge is 0.257 e. The Kier molecular flexibility index (Phi) is 5.07. The molecule has 0 bridgehead atoms. The molecular weight excluding hydrogens is 344 g/mol. The van der Waals surface area contributed by atoms with Gasteiger partial charge in [0.15, 0.2) is 5.75 Å². The molecule has 2 aromatic heterocycles. The van der Waals surface area contributed by atoms with E-state index in [0.717, 1.165) is 37.4 Å². The highest BCUT2D eigenvalue weighted by molar-refractivity contribution is 5.36. The Morgan fingerprint density at radius 3 is 2.85 bits per heavy atom. The maximum absolute atomic E-state index is 8.95. The standard InChI is InChI=1S/C20H22N4O3/c1-14(18-2-3-19-20(23-18)26-11-10-25-19)24-8-5-16(6-9-24)27-17-4-7-22-15(12-17)13-21/h2-4,7,12,14,16H,5-6,8-11H2,1H3. The van der Waals surface area contributed by atoms with Crippen molar-refractivity contribution in [1.29, 1.82) is 5.26 Å². The van der Waals surface area contributed by atoms with E-state index in [1.54, 1.807) is 18.3 Å². The fourth-order valence-corrected chi connectivity index (χ4v) is 3.48. The van der Waals surface area contributed by atoms with Crippen LogP contribution in [-0.2, 0) is 0 Å². The van der Waals surface area contributed by atoms with Gasteiger partial charge in [0, 0.05) is 31.4 Å². The third-order valence-electron chi connectivity index (χ3n) is 5.03. The lowest BCUT2D eigenvalue weighted by molar-refractivity contribution is 0.0780. The third kappa shape index (κ3) is 3.96. The normalized spacial score (nSPS) is 18.5. The molecule has 0 N–H and O–H groups in total. The molecule has 0 spiro atoms. The number of hydrogen-bond donors (Lipinski definition) is 0. The van der Waals surface area contributed by atoms with E-state index >= 15 is 0 Å². The van der Waals surface area contributed by atoms with Gasteiger partial charge >= 0.3 is 0 Å². The Balaban J connectivity index is 1.35. The number of nitrogens with zero attached hydrogens (tertiary/aromatic N) is 4. The molecule has 2 aliphatic rings. The summed E-state index contributed by atoms with van der Waals surface area (Å²) in [7, 11) is 0. The van der Waals surface area contributed by atoms with Crippen molar-refractivity contribution >= 4 is 0 Å². The molecule has 27 heavy (non-hydrogen) atoms. The first-order chi connectivity index (χ1) is 13.2. The van der Waals surface area contributed by atoms with Gasteiger partial charge in [-0.25, -0.2) is 9.97 Å². The van der Waals surface area contributed by atoms with Crippen molar-refractivity contribution in [2.75, 3.05) is 26.3 Å². The summed E-state index contributed by atoms with van der Waals surface area (Å²) in [5, 5.41) is 8.95. The lowest BCUT2D eigenvalue weighted by atomic mass is 10.0. The first-order valence-electron chi connectivity index (χ1n) is 9.26. The number of pyridine rings is 2. The predicted molar refractivity (Wildman–Crippen MR) is 97.8 cm³/mol. The van der Waals surface area contributed by atoms with Gasteiger partial charge < -0.3 is 14.2 Å². The summed E-state index contributed by atoms with van der Waals surface area (Å²) in [4.78, 5) is 11.0. The van der Waals surface area contributed by atoms with E-state index in [-0.39, 0.29) is 12.1 Å². The molecule has 1 fully saturated rings. The van der Waals surface area contributed by atoms with Gasteiger partial charge in [-0.3, -0.25) is 4.90 Å². The van der Waals surface area contributed by atoms with Gasteiger partial charge in [-0.1, -0.05) is 0 Å². The highest BCUT2D eigenvalue weighted by Gasteiger charge is 2.26. The molecule has 2 aromatic rings. The Morgan fingerprint density at radius 1 is 1.22 bits per heavy atom. The van der Waals surface area contributed by atoms with E-state index in [1.165, 1.54) is 0 Å². The molecule has 0 radical (unpaired) electrons. The summed E-state index contributed by atoms with van der Waals surface area (Å²) in [6.45, 7) is 5.14. The second-order valence-corrected chi connectivity index (χ2v) is 6.75. The van der Waals surface area contributed by atoms with Gasteiger partial charge in [0.1, 0.15) is 36.8 Å². The maximum Gasteiger partial charge on any atom is 0.257 e. The summed E-state index contributed by atoms with van der Waals surface area (Å²) in [5.74, 6) is 2.02. The number of rotatable bonds is 4. The average molecular weight is 366 g/mol. The number of fused-ring (bicyclic) bond motifs is 1. The van der Waals surface area contributed by atoms with Crippen molar-refractivity contribution in [3.63, 3.8) is 0 Å². The maximum atomic E-state index is 8.95. The van der Waals surface area contributed by atoms with Crippen molar-refractivity contribution in [2.45, 2.75) is 31.9 Å². The first kappa shape index (κ1) is 17.6. The molecule has 0 aliphatic carbocycles. The summed E-state index contributed by atoms with van der Waals surface area (Å²) in [6.07, 6.45) is 3.62. The largest absolute Gasteiger partial charge is 0.490 e. The molecule has 140 valence electrons.